The minimum atomic E-state index is -5.47. The van der Waals surface area contributed by atoms with E-state index in [0.29, 0.717) is 13.2 Å². The van der Waals surface area contributed by atoms with Gasteiger partial charge < -0.3 is 9.47 Å². The zero-order valence-electron chi connectivity index (χ0n) is 8.20. The van der Waals surface area contributed by atoms with Gasteiger partial charge in [0.15, 0.2) is 0 Å². The van der Waals surface area contributed by atoms with Crippen LogP contribution in [0.1, 0.15) is 6.42 Å². The normalized spacial score (nSPS) is 21.1. The van der Waals surface area contributed by atoms with Crippen LogP contribution in [-0.4, -0.2) is 46.5 Å². The van der Waals surface area contributed by atoms with Crippen LogP contribution in [0.5, 0.6) is 0 Å². The maximum absolute atomic E-state index is 11.8. The second-order valence-electron chi connectivity index (χ2n) is 3.11. The Labute approximate surface area is 90.6 Å². The number of hydrogen-bond donors (Lipinski definition) is 0. The van der Waals surface area contributed by atoms with Crippen LogP contribution in [0, 0.1) is 0 Å². The molecule has 1 unspecified atom stereocenters. The van der Waals surface area contributed by atoms with Gasteiger partial charge in [-0.2, -0.15) is 21.6 Å². The summed E-state index contributed by atoms with van der Waals surface area (Å²) in [7, 11) is -5.47. The SMILES string of the molecule is O=S(=O)(OCCCOCC1CO1)C(F)(F)F. The molecule has 0 saturated carbocycles. The molecule has 0 radical (unpaired) electrons. The van der Waals surface area contributed by atoms with Crippen LogP contribution in [0.4, 0.5) is 13.2 Å². The summed E-state index contributed by atoms with van der Waals surface area (Å²) >= 11 is 0. The van der Waals surface area contributed by atoms with E-state index in [-0.39, 0.29) is 19.1 Å². The highest BCUT2D eigenvalue weighted by Crippen LogP contribution is 2.24. The summed E-state index contributed by atoms with van der Waals surface area (Å²) in [5.74, 6) is 0. The third kappa shape index (κ3) is 4.64. The van der Waals surface area contributed by atoms with Gasteiger partial charge in [0.05, 0.1) is 19.8 Å². The van der Waals surface area contributed by atoms with Gasteiger partial charge in [0.1, 0.15) is 6.10 Å². The van der Waals surface area contributed by atoms with Gasteiger partial charge in [-0.1, -0.05) is 0 Å². The van der Waals surface area contributed by atoms with Crippen molar-refractivity contribution < 1.29 is 35.2 Å². The lowest BCUT2D eigenvalue weighted by Gasteiger charge is -2.08. The van der Waals surface area contributed by atoms with Crippen LogP contribution in [0.3, 0.4) is 0 Å². The Morgan fingerprint density at radius 1 is 1.31 bits per heavy atom. The van der Waals surface area contributed by atoms with E-state index in [1.54, 1.807) is 0 Å². The van der Waals surface area contributed by atoms with E-state index < -0.39 is 22.2 Å². The van der Waals surface area contributed by atoms with Crippen molar-refractivity contribution in [1.29, 1.82) is 0 Å². The summed E-state index contributed by atoms with van der Waals surface area (Å²) in [6.07, 6.45) is 0.141. The largest absolute Gasteiger partial charge is 0.523 e. The first-order valence-corrected chi connectivity index (χ1v) is 5.89. The average molecular weight is 264 g/mol. The van der Waals surface area contributed by atoms with Crippen molar-refractivity contribution in [3.63, 3.8) is 0 Å². The average Bonchev–Trinajstić information content (AvgIpc) is 2.92. The van der Waals surface area contributed by atoms with Gasteiger partial charge in [0.25, 0.3) is 0 Å². The lowest BCUT2D eigenvalue weighted by molar-refractivity contribution is -0.0546. The second kappa shape index (κ2) is 5.30. The Balaban J connectivity index is 2.05. The van der Waals surface area contributed by atoms with Crippen molar-refractivity contribution in [2.45, 2.75) is 18.0 Å². The molecule has 1 heterocycles. The molecular formula is C7H11F3O5S. The minimum absolute atomic E-state index is 0.0693. The predicted molar refractivity (Wildman–Crippen MR) is 46.1 cm³/mol. The fourth-order valence-corrected chi connectivity index (χ4v) is 1.25. The third-order valence-corrected chi connectivity index (χ3v) is 2.70. The molecule has 16 heavy (non-hydrogen) atoms. The number of alkyl halides is 3. The first-order valence-electron chi connectivity index (χ1n) is 4.48. The lowest BCUT2D eigenvalue weighted by Crippen LogP contribution is -2.26. The van der Waals surface area contributed by atoms with Gasteiger partial charge in [-0.05, 0) is 6.42 Å². The summed E-state index contributed by atoms with van der Waals surface area (Å²) in [5.41, 5.74) is -5.37. The molecule has 1 aliphatic heterocycles. The van der Waals surface area contributed by atoms with Gasteiger partial charge >= 0.3 is 15.6 Å². The molecule has 0 aliphatic carbocycles. The molecule has 0 aromatic heterocycles. The van der Waals surface area contributed by atoms with Crippen molar-refractivity contribution >= 4 is 10.1 Å². The summed E-state index contributed by atoms with van der Waals surface area (Å²) in [6, 6.07) is 0. The predicted octanol–water partition coefficient (Wildman–Crippen LogP) is 0.658. The molecule has 0 aromatic rings. The van der Waals surface area contributed by atoms with E-state index in [1.807, 2.05) is 0 Å². The van der Waals surface area contributed by atoms with Crippen molar-refractivity contribution in [2.24, 2.45) is 0 Å². The molecule has 5 nitrogen and oxygen atoms in total. The number of ether oxygens (including phenoxy) is 2. The van der Waals surface area contributed by atoms with Crippen LogP contribution in [-0.2, 0) is 23.8 Å². The molecule has 1 atom stereocenters. The Bertz CT molecular complexity index is 308. The Morgan fingerprint density at radius 2 is 1.94 bits per heavy atom. The maximum Gasteiger partial charge on any atom is 0.523 e. The fraction of sp³-hybridized carbons (Fsp3) is 1.00. The third-order valence-electron chi connectivity index (χ3n) is 1.66. The summed E-state index contributed by atoms with van der Waals surface area (Å²) in [6.45, 7) is 0.575. The Morgan fingerprint density at radius 3 is 2.44 bits per heavy atom. The van der Waals surface area contributed by atoms with E-state index in [0.717, 1.165) is 0 Å². The standard InChI is InChI=1S/C7H11F3O5S/c8-7(9,10)16(11,12)15-3-1-2-13-4-6-5-14-6/h6H,1-5H2. The molecular weight excluding hydrogens is 253 g/mol. The summed E-state index contributed by atoms with van der Waals surface area (Å²) in [4.78, 5) is 0. The Hall–Kier alpha value is -0.380. The number of halogens is 3. The molecule has 9 heteroatoms. The first kappa shape index (κ1) is 13.7. The van der Waals surface area contributed by atoms with Crippen molar-refractivity contribution in [2.75, 3.05) is 26.4 Å². The monoisotopic (exact) mass is 264 g/mol. The van der Waals surface area contributed by atoms with Crippen LogP contribution in [0.15, 0.2) is 0 Å². The van der Waals surface area contributed by atoms with E-state index in [4.69, 9.17) is 9.47 Å². The van der Waals surface area contributed by atoms with Gasteiger partial charge in [0, 0.05) is 6.61 Å². The molecule has 1 saturated heterocycles. The van der Waals surface area contributed by atoms with E-state index in [1.165, 1.54) is 0 Å². The van der Waals surface area contributed by atoms with Gasteiger partial charge in [0.2, 0.25) is 0 Å². The van der Waals surface area contributed by atoms with Crippen molar-refractivity contribution in [3.05, 3.63) is 0 Å². The maximum atomic E-state index is 11.8. The molecule has 1 rings (SSSR count). The smallest absolute Gasteiger partial charge is 0.379 e. The highest BCUT2D eigenvalue weighted by molar-refractivity contribution is 7.87. The van der Waals surface area contributed by atoms with Crippen molar-refractivity contribution in [3.8, 4) is 0 Å². The summed E-state index contributed by atoms with van der Waals surface area (Å²) in [5, 5.41) is 0. The number of rotatable bonds is 7. The molecule has 1 fully saturated rings. The van der Waals surface area contributed by atoms with Crippen LogP contribution >= 0.6 is 0 Å². The topological polar surface area (TPSA) is 65.1 Å². The number of hydrogen-bond acceptors (Lipinski definition) is 5. The summed E-state index contributed by atoms with van der Waals surface area (Å²) < 4.78 is 69.6. The molecule has 0 bridgehead atoms. The van der Waals surface area contributed by atoms with Crippen LogP contribution in [0.2, 0.25) is 0 Å². The molecule has 96 valence electrons. The van der Waals surface area contributed by atoms with E-state index in [2.05, 4.69) is 4.18 Å². The highest BCUT2D eigenvalue weighted by atomic mass is 32.2. The molecule has 0 spiro atoms. The lowest BCUT2D eigenvalue weighted by atomic mass is 10.5. The highest BCUT2D eigenvalue weighted by Gasteiger charge is 2.47. The molecule has 0 aromatic carbocycles. The quantitative estimate of drug-likeness (QED) is 0.292. The molecule has 1 aliphatic rings. The second-order valence-corrected chi connectivity index (χ2v) is 4.71. The van der Waals surface area contributed by atoms with Gasteiger partial charge in [-0.15, -0.1) is 0 Å². The molecule has 0 amide bonds. The minimum Gasteiger partial charge on any atom is -0.379 e. The zero-order chi connectivity index (χ0) is 12.2. The molecule has 0 N–H and O–H groups in total. The zero-order valence-corrected chi connectivity index (χ0v) is 9.01. The van der Waals surface area contributed by atoms with Crippen molar-refractivity contribution in [1.82, 2.24) is 0 Å². The van der Waals surface area contributed by atoms with E-state index >= 15 is 0 Å². The van der Waals surface area contributed by atoms with Crippen LogP contribution in [0.25, 0.3) is 0 Å². The fourth-order valence-electron chi connectivity index (χ4n) is 0.775. The van der Waals surface area contributed by atoms with Gasteiger partial charge in [-0.25, -0.2) is 0 Å². The van der Waals surface area contributed by atoms with Crippen LogP contribution < -0.4 is 0 Å². The number of epoxide rings is 1. The Kier molecular flexibility index (Phi) is 4.53. The van der Waals surface area contributed by atoms with E-state index in [9.17, 15) is 21.6 Å². The first-order chi connectivity index (χ1) is 7.33. The van der Waals surface area contributed by atoms with Gasteiger partial charge in [-0.3, -0.25) is 4.18 Å².